The molecule has 0 aromatic heterocycles. The molecule has 0 N–H and O–H groups in total. The van der Waals surface area contributed by atoms with Crippen LogP contribution in [0.5, 0.6) is 0 Å². The van der Waals surface area contributed by atoms with E-state index in [9.17, 15) is 9.59 Å². The van der Waals surface area contributed by atoms with Crippen LogP contribution >= 0.6 is 11.8 Å². The molecule has 1 aromatic carbocycles. The largest absolute Gasteiger partial charge is 0.339 e. The van der Waals surface area contributed by atoms with Crippen LogP contribution in [0.1, 0.15) is 62.4 Å². The molecule has 1 aliphatic carbocycles. The number of benzene rings is 1. The fraction of sp³-hybridized carbons (Fsp3) is 0.619. The molecule has 0 radical (unpaired) electrons. The first-order valence-electron chi connectivity index (χ1n) is 9.50. The second kappa shape index (κ2) is 6.91. The number of hydrogen-bond donors (Lipinski definition) is 0. The lowest BCUT2D eigenvalue weighted by Gasteiger charge is -2.37. The van der Waals surface area contributed by atoms with Crippen molar-refractivity contribution in [3.8, 4) is 0 Å². The van der Waals surface area contributed by atoms with E-state index in [2.05, 4.69) is 13.0 Å². The zero-order valence-electron chi connectivity index (χ0n) is 16.8. The van der Waals surface area contributed by atoms with E-state index >= 15 is 0 Å². The normalized spacial score (nSPS) is 25.0. The molecule has 0 saturated heterocycles. The van der Waals surface area contributed by atoms with Crippen molar-refractivity contribution < 1.29 is 9.59 Å². The van der Waals surface area contributed by atoms with E-state index in [1.165, 1.54) is 12.8 Å². The van der Waals surface area contributed by atoms with E-state index in [0.717, 1.165) is 34.9 Å². The highest BCUT2D eigenvalue weighted by Gasteiger charge is 2.39. The van der Waals surface area contributed by atoms with E-state index in [4.69, 9.17) is 0 Å². The molecule has 5 heteroatoms. The van der Waals surface area contributed by atoms with Gasteiger partial charge in [-0.2, -0.15) is 0 Å². The Balaban J connectivity index is 1.89. The predicted molar refractivity (Wildman–Crippen MR) is 108 cm³/mol. The van der Waals surface area contributed by atoms with Crippen molar-refractivity contribution in [3.05, 3.63) is 23.3 Å². The molecular weight excluding hydrogens is 344 g/mol. The van der Waals surface area contributed by atoms with E-state index in [0.29, 0.717) is 11.6 Å². The van der Waals surface area contributed by atoms with Crippen molar-refractivity contribution in [1.82, 2.24) is 4.90 Å². The summed E-state index contributed by atoms with van der Waals surface area (Å²) in [6.07, 6.45) is 4.54. The maximum Gasteiger partial charge on any atom is 0.254 e. The highest BCUT2D eigenvalue weighted by atomic mass is 32.2. The van der Waals surface area contributed by atoms with Crippen LogP contribution in [0.4, 0.5) is 5.69 Å². The molecule has 0 bridgehead atoms. The molecule has 3 rings (SSSR count). The molecule has 1 fully saturated rings. The Kier molecular flexibility index (Phi) is 5.13. The minimum Gasteiger partial charge on any atom is -0.339 e. The lowest BCUT2D eigenvalue weighted by Crippen LogP contribution is -2.44. The van der Waals surface area contributed by atoms with E-state index < -0.39 is 4.75 Å². The van der Waals surface area contributed by atoms with Gasteiger partial charge in [0.05, 0.1) is 10.4 Å². The number of carbonyl (C=O) groups is 2. The van der Waals surface area contributed by atoms with Crippen LogP contribution in [0.15, 0.2) is 17.0 Å². The van der Waals surface area contributed by atoms with Crippen molar-refractivity contribution in [2.75, 3.05) is 19.0 Å². The summed E-state index contributed by atoms with van der Waals surface area (Å²) in [5.41, 5.74) is 2.54. The third-order valence-electron chi connectivity index (χ3n) is 5.94. The number of carbonyl (C=O) groups excluding carboxylic acids is 2. The number of anilines is 1. The van der Waals surface area contributed by atoms with E-state index in [1.54, 1.807) is 23.7 Å². The first-order chi connectivity index (χ1) is 12.1. The van der Waals surface area contributed by atoms with Gasteiger partial charge in [-0.3, -0.25) is 9.59 Å². The summed E-state index contributed by atoms with van der Waals surface area (Å²) in [5.74, 6) is 0.910. The SMILES string of the molecule is Cc1cc2c(cc1C(=O)N(C)C1CCC(C)CC1)N(C)C(=O)C(C)(C)S2. The van der Waals surface area contributed by atoms with Gasteiger partial charge in [0.15, 0.2) is 0 Å². The van der Waals surface area contributed by atoms with Crippen molar-refractivity contribution in [1.29, 1.82) is 0 Å². The number of aryl methyl sites for hydroxylation is 1. The van der Waals surface area contributed by atoms with Gasteiger partial charge in [0.25, 0.3) is 5.91 Å². The highest BCUT2D eigenvalue weighted by molar-refractivity contribution is 8.01. The van der Waals surface area contributed by atoms with Gasteiger partial charge < -0.3 is 9.80 Å². The number of nitrogens with zero attached hydrogens (tertiary/aromatic N) is 2. The summed E-state index contributed by atoms with van der Waals surface area (Å²) < 4.78 is -0.477. The Morgan fingerprint density at radius 1 is 1.23 bits per heavy atom. The molecule has 1 aliphatic heterocycles. The molecule has 0 spiro atoms. The topological polar surface area (TPSA) is 40.6 Å². The van der Waals surface area contributed by atoms with Gasteiger partial charge in [0.2, 0.25) is 5.91 Å². The standard InChI is InChI=1S/C21H30N2O2S/c1-13-7-9-15(10-8-13)22(5)19(24)16-12-17-18(11-14(16)2)26-21(3,4)20(25)23(17)6/h11-13,15H,7-10H2,1-6H3. The van der Waals surface area contributed by atoms with Gasteiger partial charge in [-0.05, 0) is 70.1 Å². The van der Waals surface area contributed by atoms with Crippen molar-refractivity contribution in [3.63, 3.8) is 0 Å². The Hall–Kier alpha value is -1.49. The van der Waals surface area contributed by atoms with Gasteiger partial charge >= 0.3 is 0 Å². The van der Waals surface area contributed by atoms with Crippen LogP contribution in [-0.4, -0.2) is 41.6 Å². The number of rotatable bonds is 2. The molecule has 4 nitrogen and oxygen atoms in total. The Morgan fingerprint density at radius 2 is 1.85 bits per heavy atom. The van der Waals surface area contributed by atoms with Crippen molar-refractivity contribution in [2.24, 2.45) is 5.92 Å². The van der Waals surface area contributed by atoms with E-state index in [-0.39, 0.29) is 11.8 Å². The van der Waals surface area contributed by atoms with Crippen LogP contribution in [0.2, 0.25) is 0 Å². The fourth-order valence-corrected chi connectivity index (χ4v) is 5.37. The zero-order chi connectivity index (χ0) is 19.2. The number of fused-ring (bicyclic) bond motifs is 1. The van der Waals surface area contributed by atoms with Gasteiger partial charge in [0, 0.05) is 30.6 Å². The van der Waals surface area contributed by atoms with Crippen molar-refractivity contribution in [2.45, 2.75) is 69.1 Å². The molecule has 1 aromatic rings. The molecule has 1 saturated carbocycles. The summed E-state index contributed by atoms with van der Waals surface area (Å²) in [7, 11) is 3.73. The Bertz CT molecular complexity index is 736. The molecule has 1 heterocycles. The molecule has 2 aliphatic rings. The molecular formula is C21H30N2O2S. The third kappa shape index (κ3) is 3.38. The second-order valence-corrected chi connectivity index (χ2v) is 10.1. The van der Waals surface area contributed by atoms with Crippen LogP contribution in [0, 0.1) is 12.8 Å². The monoisotopic (exact) mass is 374 g/mol. The minimum absolute atomic E-state index is 0.0699. The maximum atomic E-state index is 13.2. The first-order valence-corrected chi connectivity index (χ1v) is 10.3. The predicted octanol–water partition coefficient (Wildman–Crippen LogP) is 4.49. The van der Waals surface area contributed by atoms with Gasteiger partial charge in [-0.1, -0.05) is 6.92 Å². The smallest absolute Gasteiger partial charge is 0.254 e. The summed E-state index contributed by atoms with van der Waals surface area (Å²) >= 11 is 1.58. The van der Waals surface area contributed by atoms with E-state index in [1.807, 2.05) is 38.8 Å². The van der Waals surface area contributed by atoms with Crippen LogP contribution in [0.3, 0.4) is 0 Å². The average Bonchev–Trinajstić information content (AvgIpc) is 2.59. The molecule has 2 amide bonds. The summed E-state index contributed by atoms with van der Waals surface area (Å²) in [6.45, 7) is 8.18. The van der Waals surface area contributed by atoms with Gasteiger partial charge in [0.1, 0.15) is 0 Å². The molecule has 26 heavy (non-hydrogen) atoms. The van der Waals surface area contributed by atoms with Gasteiger partial charge in [-0.15, -0.1) is 11.8 Å². The van der Waals surface area contributed by atoms with Crippen molar-refractivity contribution >= 4 is 29.3 Å². The van der Waals surface area contributed by atoms with Crippen LogP contribution in [-0.2, 0) is 4.79 Å². The number of thioether (sulfide) groups is 1. The molecule has 0 unspecified atom stereocenters. The number of amides is 2. The summed E-state index contributed by atoms with van der Waals surface area (Å²) in [4.78, 5) is 30.4. The second-order valence-electron chi connectivity index (χ2n) is 8.44. The average molecular weight is 375 g/mol. The fourth-order valence-electron chi connectivity index (χ4n) is 4.06. The van der Waals surface area contributed by atoms with Crippen LogP contribution in [0.25, 0.3) is 0 Å². The highest BCUT2D eigenvalue weighted by Crippen LogP contribution is 2.45. The number of hydrogen-bond acceptors (Lipinski definition) is 3. The maximum absolute atomic E-state index is 13.2. The van der Waals surface area contributed by atoms with Crippen LogP contribution < -0.4 is 4.90 Å². The third-order valence-corrected chi connectivity index (χ3v) is 7.17. The minimum atomic E-state index is -0.477. The Labute approximate surface area is 161 Å². The van der Waals surface area contributed by atoms with Gasteiger partial charge in [-0.25, -0.2) is 0 Å². The zero-order valence-corrected chi connectivity index (χ0v) is 17.6. The summed E-state index contributed by atoms with van der Waals surface area (Å²) in [6, 6.07) is 4.30. The summed E-state index contributed by atoms with van der Waals surface area (Å²) in [5, 5.41) is 0. The molecule has 142 valence electrons. The molecule has 0 atom stereocenters. The quantitative estimate of drug-likeness (QED) is 0.766. The first kappa shape index (κ1) is 19.3. The Morgan fingerprint density at radius 3 is 2.46 bits per heavy atom. The lowest BCUT2D eigenvalue weighted by molar-refractivity contribution is -0.120. The lowest BCUT2D eigenvalue weighted by atomic mass is 9.86.